The van der Waals surface area contributed by atoms with Gasteiger partial charge in [-0.2, -0.15) is 0 Å². The molecule has 0 unspecified atom stereocenters. The molecule has 2 amide bonds. The maximum absolute atomic E-state index is 12.8. The first-order chi connectivity index (χ1) is 17.5. The largest absolute Gasteiger partial charge is 0.493 e. The van der Waals surface area contributed by atoms with Crippen LogP contribution >= 0.6 is 11.8 Å². The number of non-ortho nitro benzene ring substituents is 1. The molecule has 0 radical (unpaired) electrons. The molecule has 13 nitrogen and oxygen atoms in total. The van der Waals surface area contributed by atoms with E-state index in [0.29, 0.717) is 11.8 Å². The van der Waals surface area contributed by atoms with Crippen LogP contribution in [0.15, 0.2) is 41.3 Å². The molecule has 3 rings (SSSR count). The van der Waals surface area contributed by atoms with E-state index in [2.05, 4.69) is 0 Å². The number of nitro benzene ring substituents is 2. The molecule has 0 aliphatic carbocycles. The standard InChI is InChI=1S/C23H21N3O10S/c1-13(2)12-35-20(27)11-24-22(28)19(37-23(24)29)9-14-5-4-6-18(34-3)21(14)36-17-8-7-15(25(30)31)10-16(17)26(32)33/h4-10,13H,11-12H2,1-3H3/b19-9+. The summed E-state index contributed by atoms with van der Waals surface area (Å²) < 4.78 is 16.1. The van der Waals surface area contributed by atoms with Crippen LogP contribution in [-0.4, -0.2) is 52.1 Å². The van der Waals surface area contributed by atoms with Crippen LogP contribution in [0, 0.1) is 26.1 Å². The number of ether oxygens (including phenoxy) is 3. The molecule has 1 fully saturated rings. The van der Waals surface area contributed by atoms with Gasteiger partial charge in [-0.15, -0.1) is 0 Å². The molecular formula is C23H21N3O10S. The summed E-state index contributed by atoms with van der Waals surface area (Å²) in [5, 5.41) is 21.9. The van der Waals surface area contributed by atoms with Crippen molar-refractivity contribution in [1.82, 2.24) is 4.90 Å². The zero-order chi connectivity index (χ0) is 27.3. The Bertz CT molecular complexity index is 1310. The molecule has 37 heavy (non-hydrogen) atoms. The highest BCUT2D eigenvalue weighted by molar-refractivity contribution is 8.18. The number of esters is 1. The lowest BCUT2D eigenvalue weighted by Crippen LogP contribution is -2.34. The Labute approximate surface area is 214 Å². The molecule has 0 atom stereocenters. The summed E-state index contributed by atoms with van der Waals surface area (Å²) in [6, 6.07) is 7.45. The maximum atomic E-state index is 12.8. The number of benzene rings is 2. The Morgan fingerprint density at radius 2 is 1.84 bits per heavy atom. The second kappa shape index (κ2) is 11.5. The molecule has 1 heterocycles. The predicted octanol–water partition coefficient (Wildman–Crippen LogP) is 4.54. The molecule has 1 aliphatic heterocycles. The van der Waals surface area contributed by atoms with E-state index in [0.717, 1.165) is 23.1 Å². The Morgan fingerprint density at radius 3 is 2.46 bits per heavy atom. The van der Waals surface area contributed by atoms with Crippen molar-refractivity contribution in [1.29, 1.82) is 0 Å². The Hall–Kier alpha value is -4.46. The monoisotopic (exact) mass is 531 g/mol. The number of para-hydroxylation sites is 1. The van der Waals surface area contributed by atoms with Gasteiger partial charge in [0.2, 0.25) is 5.75 Å². The van der Waals surface area contributed by atoms with E-state index >= 15 is 0 Å². The quantitative estimate of drug-likeness (QED) is 0.183. The number of hydrogen-bond acceptors (Lipinski definition) is 11. The third kappa shape index (κ3) is 6.41. The minimum atomic E-state index is -0.832. The second-order valence-electron chi connectivity index (χ2n) is 7.99. The van der Waals surface area contributed by atoms with Crippen LogP contribution in [0.2, 0.25) is 0 Å². The Balaban J connectivity index is 1.94. The number of hydrogen-bond donors (Lipinski definition) is 0. The highest BCUT2D eigenvalue weighted by Gasteiger charge is 2.37. The zero-order valence-electron chi connectivity index (χ0n) is 19.9. The third-order valence-electron chi connectivity index (χ3n) is 4.82. The third-order valence-corrected chi connectivity index (χ3v) is 5.72. The summed E-state index contributed by atoms with van der Waals surface area (Å²) in [5.74, 6) is -1.59. The number of methoxy groups -OCH3 is 1. The van der Waals surface area contributed by atoms with E-state index in [9.17, 15) is 34.6 Å². The lowest BCUT2D eigenvalue weighted by molar-refractivity contribution is -0.394. The first-order valence-electron chi connectivity index (χ1n) is 10.7. The van der Waals surface area contributed by atoms with Crippen LogP contribution in [-0.2, 0) is 14.3 Å². The van der Waals surface area contributed by atoms with Crippen molar-refractivity contribution in [3.05, 3.63) is 67.1 Å². The summed E-state index contributed by atoms with van der Waals surface area (Å²) in [7, 11) is 1.33. The zero-order valence-corrected chi connectivity index (χ0v) is 20.7. The highest BCUT2D eigenvalue weighted by Crippen LogP contribution is 2.42. The van der Waals surface area contributed by atoms with Crippen LogP contribution in [0.25, 0.3) is 6.08 Å². The maximum Gasteiger partial charge on any atom is 0.326 e. The van der Waals surface area contributed by atoms with Gasteiger partial charge >= 0.3 is 11.7 Å². The first kappa shape index (κ1) is 27.1. The number of nitro groups is 2. The van der Waals surface area contributed by atoms with E-state index in [1.54, 1.807) is 6.07 Å². The van der Waals surface area contributed by atoms with Crippen LogP contribution in [0.4, 0.5) is 16.2 Å². The highest BCUT2D eigenvalue weighted by atomic mass is 32.2. The van der Waals surface area contributed by atoms with Gasteiger partial charge in [0, 0.05) is 11.6 Å². The summed E-state index contributed by atoms with van der Waals surface area (Å²) >= 11 is 0.596. The van der Waals surface area contributed by atoms with E-state index < -0.39 is 44.9 Å². The molecular weight excluding hydrogens is 510 g/mol. The molecule has 0 bridgehead atoms. The van der Waals surface area contributed by atoms with E-state index in [1.165, 1.54) is 25.3 Å². The Morgan fingerprint density at radius 1 is 1.11 bits per heavy atom. The molecule has 0 spiro atoms. The van der Waals surface area contributed by atoms with Crippen molar-refractivity contribution in [3.8, 4) is 17.2 Å². The molecule has 194 valence electrons. The van der Waals surface area contributed by atoms with Crippen molar-refractivity contribution < 1.29 is 38.4 Å². The Kier molecular flexibility index (Phi) is 8.45. The lowest BCUT2D eigenvalue weighted by atomic mass is 10.1. The van der Waals surface area contributed by atoms with E-state index in [1.807, 2.05) is 13.8 Å². The van der Waals surface area contributed by atoms with Gasteiger partial charge in [-0.25, -0.2) is 0 Å². The molecule has 0 aromatic heterocycles. The van der Waals surface area contributed by atoms with Gasteiger partial charge in [-0.05, 0) is 35.9 Å². The molecule has 1 saturated heterocycles. The number of imide groups is 1. The predicted molar refractivity (Wildman–Crippen MR) is 131 cm³/mol. The molecule has 0 saturated carbocycles. The van der Waals surface area contributed by atoms with Gasteiger partial charge in [0.1, 0.15) is 6.54 Å². The SMILES string of the molecule is COc1cccc(/C=C2/SC(=O)N(CC(=O)OCC(C)C)C2=O)c1Oc1ccc([N+](=O)[O-])cc1[N+](=O)[O-]. The average Bonchev–Trinajstić information content (AvgIpc) is 3.10. The van der Waals surface area contributed by atoms with Gasteiger partial charge < -0.3 is 14.2 Å². The molecule has 1 aliphatic rings. The summed E-state index contributed by atoms with van der Waals surface area (Å²) in [4.78, 5) is 58.9. The molecule has 14 heteroatoms. The van der Waals surface area contributed by atoms with Crippen LogP contribution in [0.1, 0.15) is 19.4 Å². The normalized spacial score (nSPS) is 14.3. The van der Waals surface area contributed by atoms with Crippen LogP contribution in [0.3, 0.4) is 0 Å². The number of carbonyl (C=O) groups is 3. The van der Waals surface area contributed by atoms with Gasteiger partial charge in [-0.3, -0.25) is 39.5 Å². The van der Waals surface area contributed by atoms with Gasteiger partial charge in [0.15, 0.2) is 11.5 Å². The number of rotatable bonds is 10. The van der Waals surface area contributed by atoms with Gasteiger partial charge in [0.05, 0.1) is 34.5 Å². The summed E-state index contributed by atoms with van der Waals surface area (Å²) in [6.07, 6.45) is 1.32. The number of nitrogens with zero attached hydrogens (tertiary/aromatic N) is 3. The van der Waals surface area contributed by atoms with Crippen molar-refractivity contribution in [3.63, 3.8) is 0 Å². The summed E-state index contributed by atoms with van der Waals surface area (Å²) in [5.41, 5.74) is -0.939. The fourth-order valence-electron chi connectivity index (χ4n) is 3.09. The number of thioether (sulfide) groups is 1. The van der Waals surface area contributed by atoms with E-state index in [-0.39, 0.29) is 40.2 Å². The van der Waals surface area contributed by atoms with Crippen LogP contribution in [0.5, 0.6) is 17.2 Å². The lowest BCUT2D eigenvalue weighted by Gasteiger charge is -2.14. The van der Waals surface area contributed by atoms with Gasteiger partial charge in [0.25, 0.3) is 16.8 Å². The smallest absolute Gasteiger partial charge is 0.326 e. The molecule has 2 aromatic rings. The van der Waals surface area contributed by atoms with E-state index in [4.69, 9.17) is 14.2 Å². The van der Waals surface area contributed by atoms with Crippen LogP contribution < -0.4 is 9.47 Å². The summed E-state index contributed by atoms with van der Waals surface area (Å²) in [6.45, 7) is 3.28. The van der Waals surface area contributed by atoms with Crippen molar-refractivity contribution >= 4 is 46.3 Å². The minimum absolute atomic E-state index is 0.0297. The van der Waals surface area contributed by atoms with Crippen molar-refractivity contribution in [2.24, 2.45) is 5.92 Å². The van der Waals surface area contributed by atoms with Crippen molar-refractivity contribution in [2.75, 3.05) is 20.3 Å². The topological polar surface area (TPSA) is 168 Å². The van der Waals surface area contributed by atoms with Gasteiger partial charge in [-0.1, -0.05) is 26.0 Å². The van der Waals surface area contributed by atoms with Crippen molar-refractivity contribution in [2.45, 2.75) is 13.8 Å². The number of carbonyl (C=O) groups excluding carboxylic acids is 3. The molecule has 0 N–H and O–H groups in total. The fourth-order valence-corrected chi connectivity index (χ4v) is 3.92. The number of amides is 2. The second-order valence-corrected chi connectivity index (χ2v) is 8.98. The first-order valence-corrected chi connectivity index (χ1v) is 11.5. The minimum Gasteiger partial charge on any atom is -0.493 e. The molecule has 2 aromatic carbocycles. The fraction of sp³-hybridized carbons (Fsp3) is 0.261. The average molecular weight is 531 g/mol.